The van der Waals surface area contributed by atoms with Gasteiger partial charge >= 0.3 is 0 Å². The van der Waals surface area contributed by atoms with E-state index in [-0.39, 0.29) is 0 Å². The molecule has 72 valence electrons. The third-order valence-corrected chi connectivity index (χ3v) is 2.35. The Kier molecular flexibility index (Phi) is 4.15. The summed E-state index contributed by atoms with van der Waals surface area (Å²) in [5.74, 6) is 0.705. The number of halogens is 1. The summed E-state index contributed by atoms with van der Waals surface area (Å²) in [6, 6.07) is 0.473. The predicted molar refractivity (Wildman–Crippen MR) is 57.7 cm³/mol. The number of nitrogens with one attached hydrogen (secondary N) is 1. The van der Waals surface area contributed by atoms with Crippen molar-refractivity contribution in [2.75, 3.05) is 5.32 Å². The molecule has 0 unspecified atom stereocenters. The van der Waals surface area contributed by atoms with Crippen LogP contribution in [0.4, 0.5) is 5.95 Å². The highest BCUT2D eigenvalue weighted by molar-refractivity contribution is 9.10. The molecule has 0 aromatic carbocycles. The van der Waals surface area contributed by atoms with E-state index in [1.54, 1.807) is 12.4 Å². The van der Waals surface area contributed by atoms with Gasteiger partial charge in [-0.15, -0.1) is 0 Å². The molecule has 1 heterocycles. The first kappa shape index (κ1) is 10.4. The van der Waals surface area contributed by atoms with Gasteiger partial charge in [0.25, 0.3) is 0 Å². The zero-order valence-corrected chi connectivity index (χ0v) is 9.50. The van der Waals surface area contributed by atoms with E-state index in [1.165, 1.54) is 0 Å². The number of hydrogen-bond donors (Lipinski definition) is 1. The summed E-state index contributed by atoms with van der Waals surface area (Å²) in [4.78, 5) is 8.29. The van der Waals surface area contributed by atoms with Crippen LogP contribution in [0.25, 0.3) is 0 Å². The summed E-state index contributed by atoms with van der Waals surface area (Å²) in [7, 11) is 0. The lowest BCUT2D eigenvalue weighted by Gasteiger charge is -2.13. The minimum absolute atomic E-state index is 0.473. The Balaban J connectivity index is 2.58. The van der Waals surface area contributed by atoms with Crippen LogP contribution in [0.3, 0.4) is 0 Å². The molecule has 0 aliphatic heterocycles. The average Bonchev–Trinajstić information content (AvgIpc) is 2.17. The van der Waals surface area contributed by atoms with E-state index in [4.69, 9.17) is 0 Å². The molecule has 0 radical (unpaired) electrons. The van der Waals surface area contributed by atoms with Gasteiger partial charge in [-0.1, -0.05) is 13.8 Å². The Hall–Kier alpha value is -0.640. The number of rotatable bonds is 4. The SMILES string of the molecule is CCC(CC)Nc1ncc(Br)cn1. The highest BCUT2D eigenvalue weighted by Gasteiger charge is 2.03. The molecule has 0 amide bonds. The lowest BCUT2D eigenvalue weighted by Crippen LogP contribution is -2.18. The van der Waals surface area contributed by atoms with Crippen molar-refractivity contribution in [3.63, 3.8) is 0 Å². The van der Waals surface area contributed by atoms with Gasteiger partial charge in [0, 0.05) is 18.4 Å². The van der Waals surface area contributed by atoms with Crippen molar-refractivity contribution in [1.29, 1.82) is 0 Å². The Morgan fingerprint density at radius 1 is 1.31 bits per heavy atom. The molecule has 4 heteroatoms. The number of nitrogens with zero attached hydrogens (tertiary/aromatic N) is 2. The van der Waals surface area contributed by atoms with Crippen LogP contribution in [0.5, 0.6) is 0 Å². The first-order chi connectivity index (χ1) is 6.26. The summed E-state index contributed by atoms with van der Waals surface area (Å²) in [5, 5.41) is 3.26. The van der Waals surface area contributed by atoms with E-state index in [2.05, 4.69) is 45.1 Å². The average molecular weight is 244 g/mol. The lowest BCUT2D eigenvalue weighted by atomic mass is 10.2. The molecule has 1 aromatic rings. The second-order valence-corrected chi connectivity index (χ2v) is 3.80. The smallest absolute Gasteiger partial charge is 0.222 e. The largest absolute Gasteiger partial charge is 0.352 e. The van der Waals surface area contributed by atoms with Crippen LogP contribution in [-0.2, 0) is 0 Å². The zero-order valence-electron chi connectivity index (χ0n) is 7.92. The monoisotopic (exact) mass is 243 g/mol. The predicted octanol–water partition coefficient (Wildman–Crippen LogP) is 2.84. The Labute approximate surface area is 87.1 Å². The normalized spacial score (nSPS) is 10.5. The van der Waals surface area contributed by atoms with Crippen molar-refractivity contribution in [1.82, 2.24) is 9.97 Å². The number of hydrogen-bond acceptors (Lipinski definition) is 3. The van der Waals surface area contributed by atoms with Crippen LogP contribution < -0.4 is 5.32 Å². The first-order valence-electron chi connectivity index (χ1n) is 4.50. The highest BCUT2D eigenvalue weighted by Crippen LogP contribution is 2.09. The quantitative estimate of drug-likeness (QED) is 0.884. The van der Waals surface area contributed by atoms with Gasteiger partial charge in [0.1, 0.15) is 0 Å². The Morgan fingerprint density at radius 2 is 1.85 bits per heavy atom. The van der Waals surface area contributed by atoms with E-state index in [1.807, 2.05) is 0 Å². The summed E-state index contributed by atoms with van der Waals surface area (Å²) < 4.78 is 0.905. The van der Waals surface area contributed by atoms with Crippen LogP contribution in [-0.4, -0.2) is 16.0 Å². The molecular weight excluding hydrogens is 230 g/mol. The molecule has 0 aliphatic rings. The fourth-order valence-corrected chi connectivity index (χ4v) is 1.27. The molecule has 0 aliphatic carbocycles. The van der Waals surface area contributed by atoms with E-state index in [9.17, 15) is 0 Å². The van der Waals surface area contributed by atoms with Crippen molar-refractivity contribution in [3.05, 3.63) is 16.9 Å². The minimum Gasteiger partial charge on any atom is -0.352 e. The molecule has 1 aromatic heterocycles. The van der Waals surface area contributed by atoms with Crippen LogP contribution in [0.2, 0.25) is 0 Å². The molecule has 0 saturated carbocycles. The van der Waals surface area contributed by atoms with Gasteiger partial charge in [0.05, 0.1) is 4.47 Å². The van der Waals surface area contributed by atoms with E-state index >= 15 is 0 Å². The van der Waals surface area contributed by atoms with Crippen molar-refractivity contribution in [3.8, 4) is 0 Å². The van der Waals surface area contributed by atoms with Gasteiger partial charge in [0.2, 0.25) is 5.95 Å². The van der Waals surface area contributed by atoms with Crippen LogP contribution >= 0.6 is 15.9 Å². The lowest BCUT2D eigenvalue weighted by molar-refractivity contribution is 0.664. The van der Waals surface area contributed by atoms with Crippen LogP contribution in [0.1, 0.15) is 26.7 Å². The molecule has 0 spiro atoms. The minimum atomic E-state index is 0.473. The maximum atomic E-state index is 4.14. The van der Waals surface area contributed by atoms with E-state index < -0.39 is 0 Å². The number of aromatic nitrogens is 2. The van der Waals surface area contributed by atoms with Crippen molar-refractivity contribution in [2.24, 2.45) is 0 Å². The molecular formula is C9H14BrN3. The molecule has 1 N–H and O–H groups in total. The molecule has 1 rings (SSSR count). The van der Waals surface area contributed by atoms with Crippen molar-refractivity contribution < 1.29 is 0 Å². The Bertz CT molecular complexity index is 244. The highest BCUT2D eigenvalue weighted by atomic mass is 79.9. The second-order valence-electron chi connectivity index (χ2n) is 2.88. The second kappa shape index (κ2) is 5.17. The van der Waals surface area contributed by atoms with Crippen molar-refractivity contribution >= 4 is 21.9 Å². The Morgan fingerprint density at radius 3 is 2.31 bits per heavy atom. The fourth-order valence-electron chi connectivity index (χ4n) is 1.06. The molecule has 0 fully saturated rings. The third-order valence-electron chi connectivity index (χ3n) is 1.94. The summed E-state index contributed by atoms with van der Waals surface area (Å²) in [5.41, 5.74) is 0. The standard InChI is InChI=1S/C9H14BrN3/c1-3-8(4-2)13-9-11-5-7(10)6-12-9/h5-6,8H,3-4H2,1-2H3,(H,11,12,13). The van der Waals surface area contributed by atoms with E-state index in [0.717, 1.165) is 17.3 Å². The summed E-state index contributed by atoms with van der Waals surface area (Å²) in [6.45, 7) is 4.31. The van der Waals surface area contributed by atoms with Gasteiger partial charge < -0.3 is 5.32 Å². The molecule has 13 heavy (non-hydrogen) atoms. The maximum absolute atomic E-state index is 4.14. The topological polar surface area (TPSA) is 37.8 Å². The fraction of sp³-hybridized carbons (Fsp3) is 0.556. The first-order valence-corrected chi connectivity index (χ1v) is 5.29. The van der Waals surface area contributed by atoms with Gasteiger partial charge in [-0.2, -0.15) is 0 Å². The molecule has 0 saturated heterocycles. The summed E-state index contributed by atoms with van der Waals surface area (Å²) >= 11 is 3.29. The van der Waals surface area contributed by atoms with E-state index in [0.29, 0.717) is 12.0 Å². The molecule has 3 nitrogen and oxygen atoms in total. The van der Waals surface area contributed by atoms with Crippen LogP contribution in [0, 0.1) is 0 Å². The van der Waals surface area contributed by atoms with Gasteiger partial charge in [-0.25, -0.2) is 9.97 Å². The summed E-state index contributed by atoms with van der Waals surface area (Å²) in [6.07, 6.45) is 5.68. The maximum Gasteiger partial charge on any atom is 0.222 e. The zero-order chi connectivity index (χ0) is 9.68. The van der Waals surface area contributed by atoms with Gasteiger partial charge in [0.15, 0.2) is 0 Å². The third kappa shape index (κ3) is 3.30. The molecule has 0 bridgehead atoms. The van der Waals surface area contributed by atoms with Crippen molar-refractivity contribution in [2.45, 2.75) is 32.7 Å². The van der Waals surface area contributed by atoms with Gasteiger partial charge in [-0.3, -0.25) is 0 Å². The molecule has 0 atom stereocenters. The number of anilines is 1. The van der Waals surface area contributed by atoms with Crippen LogP contribution in [0.15, 0.2) is 16.9 Å². The van der Waals surface area contributed by atoms with Gasteiger partial charge in [-0.05, 0) is 28.8 Å².